The van der Waals surface area contributed by atoms with E-state index in [1.165, 1.54) is 18.5 Å². The fourth-order valence-corrected chi connectivity index (χ4v) is 5.64. The van der Waals surface area contributed by atoms with Gasteiger partial charge in [0.05, 0.1) is 27.2 Å². The summed E-state index contributed by atoms with van der Waals surface area (Å²) in [5.74, 6) is 0.830. The summed E-state index contributed by atoms with van der Waals surface area (Å²) in [5, 5.41) is 2.88. The minimum absolute atomic E-state index is 0.108. The molecule has 33 heavy (non-hydrogen) atoms. The Morgan fingerprint density at radius 2 is 1.67 bits per heavy atom. The van der Waals surface area contributed by atoms with Crippen LogP contribution in [0.25, 0.3) is 0 Å². The highest BCUT2D eigenvalue weighted by Gasteiger charge is 2.35. The van der Waals surface area contributed by atoms with E-state index in [-0.39, 0.29) is 23.3 Å². The molecule has 1 amide bonds. The van der Waals surface area contributed by atoms with Gasteiger partial charge in [0.15, 0.2) is 11.5 Å². The fourth-order valence-electron chi connectivity index (χ4n) is 3.93. The molecule has 0 unspecified atom stereocenters. The number of carbonyl (C=O) groups is 1. The van der Waals surface area contributed by atoms with Crippen LogP contribution in [0.3, 0.4) is 0 Å². The van der Waals surface area contributed by atoms with Crippen LogP contribution >= 0.6 is 0 Å². The Bertz CT molecular complexity index is 1100. The minimum atomic E-state index is -3.83. The maximum atomic E-state index is 13.5. The van der Waals surface area contributed by atoms with Crippen LogP contribution in [0.5, 0.6) is 17.2 Å². The maximum absolute atomic E-state index is 13.5. The summed E-state index contributed by atoms with van der Waals surface area (Å²) >= 11 is 0. The van der Waals surface area contributed by atoms with Crippen molar-refractivity contribution in [2.24, 2.45) is 5.92 Å². The first kappa shape index (κ1) is 24.9. The first-order chi connectivity index (χ1) is 15.7. The van der Waals surface area contributed by atoms with E-state index < -0.39 is 15.9 Å². The molecule has 0 spiro atoms. The van der Waals surface area contributed by atoms with Crippen molar-refractivity contribution >= 4 is 21.6 Å². The molecule has 3 rings (SSSR count). The van der Waals surface area contributed by atoms with Gasteiger partial charge in [-0.05, 0) is 48.6 Å². The first-order valence-corrected chi connectivity index (χ1v) is 12.4. The van der Waals surface area contributed by atoms with E-state index >= 15 is 0 Å². The largest absolute Gasteiger partial charge is 0.495 e. The van der Waals surface area contributed by atoms with E-state index in [1.807, 2.05) is 19.9 Å². The Kier molecular flexibility index (Phi) is 7.86. The number of hydrogen-bond acceptors (Lipinski definition) is 6. The lowest BCUT2D eigenvalue weighted by Crippen LogP contribution is -2.43. The van der Waals surface area contributed by atoms with Crippen LogP contribution in [0.2, 0.25) is 0 Å². The highest BCUT2D eigenvalue weighted by atomic mass is 32.2. The van der Waals surface area contributed by atoms with Crippen LogP contribution in [0, 0.1) is 5.92 Å². The molecule has 180 valence electrons. The molecule has 1 fully saturated rings. The second-order valence-electron chi connectivity index (χ2n) is 8.33. The van der Waals surface area contributed by atoms with Gasteiger partial charge in [0.1, 0.15) is 10.6 Å². The van der Waals surface area contributed by atoms with E-state index in [4.69, 9.17) is 14.2 Å². The van der Waals surface area contributed by atoms with Crippen molar-refractivity contribution in [1.82, 2.24) is 4.31 Å². The molecule has 0 bridgehead atoms. The van der Waals surface area contributed by atoms with Crippen molar-refractivity contribution in [2.75, 3.05) is 39.7 Å². The molecule has 9 heteroatoms. The Morgan fingerprint density at radius 1 is 1.00 bits per heavy atom. The molecule has 1 N–H and O–H groups in total. The van der Waals surface area contributed by atoms with Crippen molar-refractivity contribution in [3.8, 4) is 17.2 Å². The van der Waals surface area contributed by atoms with Gasteiger partial charge in [-0.25, -0.2) is 8.42 Å². The molecule has 8 nitrogen and oxygen atoms in total. The molecule has 1 saturated heterocycles. The summed E-state index contributed by atoms with van der Waals surface area (Å²) in [5.41, 5.74) is 1.47. The van der Waals surface area contributed by atoms with E-state index in [0.717, 1.165) is 5.56 Å². The number of methoxy groups -OCH3 is 3. The van der Waals surface area contributed by atoms with Crippen molar-refractivity contribution < 1.29 is 27.4 Å². The Morgan fingerprint density at radius 3 is 2.30 bits per heavy atom. The maximum Gasteiger partial charge on any atom is 0.246 e. The Hall–Kier alpha value is -2.78. The highest BCUT2D eigenvalue weighted by molar-refractivity contribution is 7.89. The quantitative estimate of drug-likeness (QED) is 0.622. The molecular formula is C24H32N2O6S. The van der Waals surface area contributed by atoms with E-state index in [2.05, 4.69) is 5.32 Å². The fraction of sp³-hybridized carbons (Fsp3) is 0.458. The summed E-state index contributed by atoms with van der Waals surface area (Å²) in [4.78, 5) is 13.1. The molecule has 0 radical (unpaired) electrons. The zero-order valence-corrected chi connectivity index (χ0v) is 20.6. The number of sulfonamides is 1. The number of anilines is 1. The van der Waals surface area contributed by atoms with Crippen molar-refractivity contribution in [3.63, 3.8) is 0 Å². The predicted octanol–water partition coefficient (Wildman–Crippen LogP) is 3.88. The molecule has 2 aromatic rings. The van der Waals surface area contributed by atoms with Gasteiger partial charge in [-0.1, -0.05) is 19.9 Å². The number of rotatable bonds is 8. The number of benzene rings is 2. The molecule has 1 atom stereocenters. The smallest absolute Gasteiger partial charge is 0.246 e. The van der Waals surface area contributed by atoms with Gasteiger partial charge >= 0.3 is 0 Å². The van der Waals surface area contributed by atoms with Crippen molar-refractivity contribution in [2.45, 2.75) is 37.5 Å². The van der Waals surface area contributed by atoms with Gasteiger partial charge in [-0.2, -0.15) is 4.31 Å². The number of amides is 1. The van der Waals surface area contributed by atoms with E-state index in [0.29, 0.717) is 42.3 Å². The topological polar surface area (TPSA) is 94.2 Å². The molecule has 0 saturated carbocycles. The average molecular weight is 477 g/mol. The summed E-state index contributed by atoms with van der Waals surface area (Å²) in [6.07, 6.45) is 1.20. The van der Waals surface area contributed by atoms with Gasteiger partial charge in [-0.15, -0.1) is 0 Å². The second kappa shape index (κ2) is 10.4. The molecule has 1 aliphatic heterocycles. The number of piperidine rings is 1. The summed E-state index contributed by atoms with van der Waals surface area (Å²) in [7, 11) is 0.694. The monoisotopic (exact) mass is 476 g/mol. The normalized spacial score (nSPS) is 17.0. The van der Waals surface area contributed by atoms with Crippen molar-refractivity contribution in [3.05, 3.63) is 42.0 Å². The molecular weight excluding hydrogens is 444 g/mol. The van der Waals surface area contributed by atoms with Crippen molar-refractivity contribution in [1.29, 1.82) is 0 Å². The number of hydrogen-bond donors (Lipinski definition) is 1. The third-order valence-corrected chi connectivity index (χ3v) is 7.76. The van der Waals surface area contributed by atoms with Gasteiger partial charge in [0.2, 0.25) is 15.9 Å². The number of nitrogens with one attached hydrogen (secondary N) is 1. The third-order valence-electron chi connectivity index (χ3n) is 5.88. The SMILES string of the molecule is COc1ccc(NC(=O)[C@@H]2CCCN(S(=O)(=O)c3cc(C(C)C)ccc3OC)C2)cc1OC. The van der Waals surface area contributed by atoms with E-state index in [1.54, 1.807) is 37.4 Å². The predicted molar refractivity (Wildman–Crippen MR) is 127 cm³/mol. The first-order valence-electron chi connectivity index (χ1n) is 10.9. The van der Waals surface area contributed by atoms with Gasteiger partial charge in [0, 0.05) is 24.8 Å². The molecule has 2 aromatic carbocycles. The molecule has 0 aromatic heterocycles. The second-order valence-corrected chi connectivity index (χ2v) is 10.2. The molecule has 1 heterocycles. The van der Waals surface area contributed by atoms with Crippen LogP contribution in [0.4, 0.5) is 5.69 Å². The third kappa shape index (κ3) is 5.42. The lowest BCUT2D eigenvalue weighted by molar-refractivity contribution is -0.120. The summed E-state index contributed by atoms with van der Waals surface area (Å²) in [6.45, 7) is 4.48. The lowest BCUT2D eigenvalue weighted by atomic mass is 9.98. The zero-order valence-electron chi connectivity index (χ0n) is 19.8. The van der Waals surface area contributed by atoms with Crippen LogP contribution in [0.1, 0.15) is 38.2 Å². The Balaban J connectivity index is 1.80. The molecule has 0 aliphatic carbocycles. The Labute approximate surface area is 195 Å². The van der Waals surface area contributed by atoms with Crippen LogP contribution in [-0.2, 0) is 14.8 Å². The standard InChI is InChI=1S/C24H32N2O6S/c1-16(2)17-8-10-21(31-4)23(13-17)33(28,29)26-12-6-7-18(15-26)24(27)25-19-9-11-20(30-3)22(14-19)32-5/h8-11,13-14,16,18H,6-7,12,15H2,1-5H3,(H,25,27)/t18-/m1/s1. The number of carbonyl (C=O) groups excluding carboxylic acids is 1. The summed E-state index contributed by atoms with van der Waals surface area (Å²) < 4.78 is 44.3. The van der Waals surface area contributed by atoms with Gasteiger partial charge < -0.3 is 19.5 Å². The van der Waals surface area contributed by atoms with E-state index in [9.17, 15) is 13.2 Å². The zero-order chi connectivity index (χ0) is 24.2. The molecule has 1 aliphatic rings. The number of nitrogens with zero attached hydrogens (tertiary/aromatic N) is 1. The van der Waals surface area contributed by atoms with Crippen LogP contribution in [0.15, 0.2) is 41.3 Å². The highest BCUT2D eigenvalue weighted by Crippen LogP contribution is 2.33. The van der Waals surface area contributed by atoms with Crippen LogP contribution < -0.4 is 19.5 Å². The number of ether oxygens (including phenoxy) is 3. The van der Waals surface area contributed by atoms with Crippen LogP contribution in [-0.4, -0.2) is 53.0 Å². The lowest BCUT2D eigenvalue weighted by Gasteiger charge is -2.31. The van der Waals surface area contributed by atoms with Gasteiger partial charge in [0.25, 0.3) is 0 Å². The van der Waals surface area contributed by atoms with Gasteiger partial charge in [-0.3, -0.25) is 4.79 Å². The summed E-state index contributed by atoms with van der Waals surface area (Å²) in [6, 6.07) is 10.3. The minimum Gasteiger partial charge on any atom is -0.495 e. The average Bonchev–Trinajstić information content (AvgIpc) is 2.83.